The van der Waals surface area contributed by atoms with E-state index in [1.165, 1.54) is 5.56 Å². The van der Waals surface area contributed by atoms with Crippen LogP contribution in [0.5, 0.6) is 5.75 Å². The van der Waals surface area contributed by atoms with Crippen molar-refractivity contribution < 1.29 is 9.53 Å². The van der Waals surface area contributed by atoms with E-state index in [-0.39, 0.29) is 11.8 Å². The van der Waals surface area contributed by atoms with Crippen LogP contribution in [0.25, 0.3) is 0 Å². The van der Waals surface area contributed by atoms with Crippen molar-refractivity contribution in [1.29, 1.82) is 0 Å². The van der Waals surface area contributed by atoms with E-state index in [9.17, 15) is 4.79 Å². The molecular weight excluding hydrogens is 424 g/mol. The summed E-state index contributed by atoms with van der Waals surface area (Å²) < 4.78 is 5.30. The van der Waals surface area contributed by atoms with Gasteiger partial charge in [0.15, 0.2) is 0 Å². The number of aromatic nitrogens is 2. The van der Waals surface area contributed by atoms with Gasteiger partial charge in [0.1, 0.15) is 17.4 Å². The zero-order valence-electron chi connectivity index (χ0n) is 20.6. The van der Waals surface area contributed by atoms with Crippen molar-refractivity contribution in [2.75, 3.05) is 38.2 Å². The second kappa shape index (κ2) is 10.7. The average molecular weight is 459 g/mol. The van der Waals surface area contributed by atoms with Gasteiger partial charge in [0.2, 0.25) is 5.91 Å². The summed E-state index contributed by atoms with van der Waals surface area (Å²) in [5.41, 5.74) is 4.44. The Morgan fingerprint density at radius 3 is 2.26 bits per heavy atom. The molecule has 0 radical (unpaired) electrons. The Kier molecular flexibility index (Phi) is 7.46. The highest BCUT2D eigenvalue weighted by Gasteiger charge is 2.29. The lowest BCUT2D eigenvalue weighted by Crippen LogP contribution is -2.50. The topological polar surface area (TPSA) is 58.6 Å². The summed E-state index contributed by atoms with van der Waals surface area (Å²) in [5.74, 6) is 2.76. The third kappa shape index (κ3) is 5.22. The number of aryl methyl sites for hydroxylation is 2. The summed E-state index contributed by atoms with van der Waals surface area (Å²) in [5, 5.41) is 0. The third-order valence-corrected chi connectivity index (χ3v) is 6.64. The number of carbonyl (C=O) groups excluding carboxylic acids is 1. The molecule has 0 aliphatic carbocycles. The normalized spacial score (nSPS) is 14.7. The molecule has 1 aliphatic rings. The van der Waals surface area contributed by atoms with Crippen LogP contribution in [0.4, 0.5) is 5.82 Å². The van der Waals surface area contributed by atoms with Gasteiger partial charge in [0, 0.05) is 43.9 Å². The minimum atomic E-state index is -0.0816. The van der Waals surface area contributed by atoms with Crippen molar-refractivity contribution in [3.8, 4) is 5.75 Å². The first-order valence-corrected chi connectivity index (χ1v) is 12.1. The number of benzene rings is 2. The molecule has 1 saturated heterocycles. The van der Waals surface area contributed by atoms with Crippen LogP contribution >= 0.6 is 0 Å². The van der Waals surface area contributed by atoms with Crippen molar-refractivity contribution in [3.63, 3.8) is 0 Å². The first kappa shape index (κ1) is 23.7. The van der Waals surface area contributed by atoms with Gasteiger partial charge in [0.05, 0.1) is 13.0 Å². The van der Waals surface area contributed by atoms with Crippen LogP contribution in [0.3, 0.4) is 0 Å². The number of hydrogen-bond donors (Lipinski definition) is 0. The predicted molar refractivity (Wildman–Crippen MR) is 136 cm³/mol. The van der Waals surface area contributed by atoms with Crippen molar-refractivity contribution >= 4 is 11.7 Å². The molecular formula is C28H34N4O2. The highest BCUT2D eigenvalue weighted by Crippen LogP contribution is 2.27. The largest absolute Gasteiger partial charge is 0.497 e. The Morgan fingerprint density at radius 2 is 1.65 bits per heavy atom. The molecule has 1 aliphatic heterocycles. The number of nitrogens with zero attached hydrogens (tertiary/aromatic N) is 4. The van der Waals surface area contributed by atoms with Gasteiger partial charge in [-0.25, -0.2) is 9.97 Å². The molecule has 4 rings (SSSR count). The molecule has 6 heteroatoms. The van der Waals surface area contributed by atoms with Crippen LogP contribution in [-0.4, -0.2) is 54.1 Å². The Labute approximate surface area is 202 Å². The van der Waals surface area contributed by atoms with Gasteiger partial charge in [-0.3, -0.25) is 4.79 Å². The maximum Gasteiger partial charge on any atom is 0.230 e. The zero-order valence-corrected chi connectivity index (χ0v) is 20.6. The molecule has 0 saturated carbocycles. The Hall–Kier alpha value is -3.41. The maximum absolute atomic E-state index is 13.3. The van der Waals surface area contributed by atoms with Crippen LogP contribution in [-0.2, 0) is 11.2 Å². The molecule has 1 aromatic heterocycles. The number of hydrogen-bond acceptors (Lipinski definition) is 5. The van der Waals surface area contributed by atoms with E-state index < -0.39 is 0 Å². The van der Waals surface area contributed by atoms with Crippen molar-refractivity contribution in [2.45, 2.75) is 39.5 Å². The maximum atomic E-state index is 13.3. The van der Waals surface area contributed by atoms with E-state index in [0.29, 0.717) is 13.1 Å². The molecule has 0 spiro atoms. The van der Waals surface area contributed by atoms with Crippen molar-refractivity contribution in [1.82, 2.24) is 14.9 Å². The van der Waals surface area contributed by atoms with Gasteiger partial charge in [-0.15, -0.1) is 0 Å². The fourth-order valence-corrected chi connectivity index (χ4v) is 4.73. The third-order valence-electron chi connectivity index (χ3n) is 6.64. The van der Waals surface area contributed by atoms with Crippen LogP contribution in [0.2, 0.25) is 0 Å². The molecule has 1 atom stereocenters. The fourth-order valence-electron chi connectivity index (χ4n) is 4.73. The molecule has 2 heterocycles. The highest BCUT2D eigenvalue weighted by molar-refractivity contribution is 5.84. The highest BCUT2D eigenvalue weighted by atomic mass is 16.5. The second-order valence-corrected chi connectivity index (χ2v) is 8.87. The first-order valence-electron chi connectivity index (χ1n) is 12.1. The lowest BCUT2D eigenvalue weighted by molar-refractivity contribution is -0.133. The summed E-state index contributed by atoms with van der Waals surface area (Å²) in [6, 6.07) is 18.3. The first-order chi connectivity index (χ1) is 16.5. The molecule has 1 unspecified atom stereocenters. The molecule has 1 amide bonds. The number of anilines is 1. The van der Waals surface area contributed by atoms with Gasteiger partial charge in [-0.2, -0.15) is 0 Å². The Morgan fingerprint density at radius 1 is 0.971 bits per heavy atom. The van der Waals surface area contributed by atoms with Gasteiger partial charge in [-0.05, 0) is 43.5 Å². The van der Waals surface area contributed by atoms with E-state index in [2.05, 4.69) is 48.0 Å². The SMILES string of the molecule is CCC(C(=O)N1CCN(c2nc(C)nc(C)c2Cc2ccc(OC)cc2)CC1)c1ccccc1. The van der Waals surface area contributed by atoms with E-state index in [1.807, 2.05) is 42.2 Å². The average Bonchev–Trinajstić information content (AvgIpc) is 2.87. The quantitative estimate of drug-likeness (QED) is 0.520. The van der Waals surface area contributed by atoms with Crippen molar-refractivity contribution in [2.24, 2.45) is 0 Å². The summed E-state index contributed by atoms with van der Waals surface area (Å²) in [6.07, 6.45) is 1.57. The molecule has 0 N–H and O–H groups in total. The van der Waals surface area contributed by atoms with E-state index in [0.717, 1.165) is 60.1 Å². The Balaban J connectivity index is 1.50. The van der Waals surface area contributed by atoms with Gasteiger partial charge in [-0.1, -0.05) is 49.4 Å². The van der Waals surface area contributed by atoms with Crippen LogP contribution in [0.15, 0.2) is 54.6 Å². The number of carbonyl (C=O) groups is 1. The molecule has 6 nitrogen and oxygen atoms in total. The van der Waals surface area contributed by atoms with Crippen molar-refractivity contribution in [3.05, 3.63) is 82.8 Å². The van der Waals surface area contributed by atoms with E-state index in [1.54, 1.807) is 7.11 Å². The van der Waals surface area contributed by atoms with Gasteiger partial charge in [0.25, 0.3) is 0 Å². The number of methoxy groups -OCH3 is 1. The molecule has 1 fully saturated rings. The smallest absolute Gasteiger partial charge is 0.230 e. The van der Waals surface area contributed by atoms with Gasteiger partial charge >= 0.3 is 0 Å². The summed E-state index contributed by atoms with van der Waals surface area (Å²) >= 11 is 0. The minimum Gasteiger partial charge on any atom is -0.497 e. The second-order valence-electron chi connectivity index (χ2n) is 8.87. The lowest BCUT2D eigenvalue weighted by Gasteiger charge is -2.38. The van der Waals surface area contributed by atoms with Crippen LogP contribution < -0.4 is 9.64 Å². The summed E-state index contributed by atoms with van der Waals surface area (Å²) in [6.45, 7) is 9.02. The van der Waals surface area contributed by atoms with E-state index in [4.69, 9.17) is 9.72 Å². The van der Waals surface area contributed by atoms with Crippen LogP contribution in [0.1, 0.15) is 47.5 Å². The fraction of sp³-hybridized carbons (Fsp3) is 0.393. The van der Waals surface area contributed by atoms with E-state index >= 15 is 0 Å². The Bertz CT molecular complexity index is 1110. The molecule has 2 aromatic carbocycles. The number of ether oxygens (including phenoxy) is 1. The zero-order chi connectivity index (χ0) is 24.1. The lowest BCUT2D eigenvalue weighted by atomic mass is 9.94. The summed E-state index contributed by atoms with van der Waals surface area (Å²) in [4.78, 5) is 27.1. The predicted octanol–water partition coefficient (Wildman–Crippen LogP) is 4.54. The standard InChI is InChI=1S/C28H34N4O2/c1-5-25(23-9-7-6-8-10-23)28(33)32-17-15-31(16-18-32)27-26(20(2)29-21(3)30-27)19-22-11-13-24(34-4)14-12-22/h6-14,25H,5,15-19H2,1-4H3. The number of rotatable bonds is 7. The number of piperazine rings is 1. The van der Waals surface area contributed by atoms with Gasteiger partial charge < -0.3 is 14.5 Å². The number of amides is 1. The monoisotopic (exact) mass is 458 g/mol. The molecule has 178 valence electrons. The molecule has 3 aromatic rings. The molecule has 0 bridgehead atoms. The minimum absolute atomic E-state index is 0.0816. The summed E-state index contributed by atoms with van der Waals surface area (Å²) in [7, 11) is 1.68. The van der Waals surface area contributed by atoms with Crippen LogP contribution in [0, 0.1) is 13.8 Å². The molecule has 34 heavy (non-hydrogen) atoms.